The van der Waals surface area contributed by atoms with Gasteiger partial charge in [-0.25, -0.2) is 0 Å². The molecule has 1 atom stereocenters. The van der Waals surface area contributed by atoms with E-state index < -0.39 is 23.8 Å². The number of hydrogen-bond acceptors (Lipinski definition) is 4. The van der Waals surface area contributed by atoms with E-state index in [9.17, 15) is 14.4 Å². The van der Waals surface area contributed by atoms with Gasteiger partial charge in [0.05, 0.1) is 12.7 Å². The van der Waals surface area contributed by atoms with Crippen LogP contribution >= 0.6 is 15.9 Å². The summed E-state index contributed by atoms with van der Waals surface area (Å²) in [4.78, 5) is 36.2. The molecule has 0 unspecified atom stereocenters. The number of benzene rings is 2. The molecule has 0 bridgehead atoms. The Morgan fingerprint density at radius 3 is 2.32 bits per heavy atom. The summed E-state index contributed by atoms with van der Waals surface area (Å²) in [6.07, 6.45) is 1.46. The minimum atomic E-state index is -1.19. The maximum atomic E-state index is 12.6. The van der Waals surface area contributed by atoms with E-state index in [1.54, 1.807) is 48.5 Å². The smallest absolute Gasteiger partial charge is 0.325 e. The third-order valence-corrected chi connectivity index (χ3v) is 4.45. The van der Waals surface area contributed by atoms with E-state index in [-0.39, 0.29) is 5.70 Å². The van der Waals surface area contributed by atoms with E-state index in [0.717, 1.165) is 0 Å². The summed E-state index contributed by atoms with van der Waals surface area (Å²) >= 11 is 3.29. The zero-order valence-electron chi connectivity index (χ0n) is 15.2. The lowest BCUT2D eigenvalue weighted by Gasteiger charge is -2.14. The Kier molecular flexibility index (Phi) is 7.34. The van der Waals surface area contributed by atoms with Crippen LogP contribution in [0.1, 0.15) is 22.8 Å². The lowest BCUT2D eigenvalue weighted by Crippen LogP contribution is -2.42. The Hall–Kier alpha value is -3.13. The zero-order valence-corrected chi connectivity index (χ0v) is 16.8. The molecule has 0 saturated carbocycles. The van der Waals surface area contributed by atoms with Crippen molar-refractivity contribution in [3.8, 4) is 5.75 Å². The normalized spacial score (nSPS) is 12.0. The van der Waals surface area contributed by atoms with E-state index in [0.29, 0.717) is 21.3 Å². The van der Waals surface area contributed by atoms with E-state index >= 15 is 0 Å². The summed E-state index contributed by atoms with van der Waals surface area (Å²) in [5.74, 6) is -1.77. The fraction of sp³-hybridized carbons (Fsp3) is 0.150. The Morgan fingerprint density at radius 2 is 1.75 bits per heavy atom. The van der Waals surface area contributed by atoms with Crippen LogP contribution in [0.4, 0.5) is 0 Å². The van der Waals surface area contributed by atoms with Crippen molar-refractivity contribution in [3.05, 3.63) is 69.8 Å². The average Bonchev–Trinajstić information content (AvgIpc) is 2.68. The van der Waals surface area contributed by atoms with Crippen molar-refractivity contribution in [2.75, 3.05) is 7.11 Å². The summed E-state index contributed by atoms with van der Waals surface area (Å²) < 4.78 is 5.66. The van der Waals surface area contributed by atoms with Crippen LogP contribution in [0.25, 0.3) is 6.08 Å². The maximum absolute atomic E-state index is 12.6. The molecule has 2 amide bonds. The Morgan fingerprint density at radius 1 is 1.11 bits per heavy atom. The van der Waals surface area contributed by atoms with Crippen molar-refractivity contribution >= 4 is 39.8 Å². The minimum Gasteiger partial charge on any atom is -0.497 e. The first-order valence-electron chi connectivity index (χ1n) is 8.27. The van der Waals surface area contributed by atoms with Gasteiger partial charge in [0, 0.05) is 4.47 Å². The molecule has 0 radical (unpaired) electrons. The number of carbonyl (C=O) groups is 3. The van der Waals surface area contributed by atoms with Crippen LogP contribution in [0, 0.1) is 0 Å². The van der Waals surface area contributed by atoms with Gasteiger partial charge in [-0.15, -0.1) is 0 Å². The summed E-state index contributed by atoms with van der Waals surface area (Å²) in [6, 6.07) is 12.5. The average molecular weight is 447 g/mol. The number of aliphatic carboxylic acids is 1. The second-order valence-electron chi connectivity index (χ2n) is 5.80. The molecule has 3 N–H and O–H groups in total. The van der Waals surface area contributed by atoms with Crippen molar-refractivity contribution < 1.29 is 24.2 Å². The van der Waals surface area contributed by atoms with E-state index in [1.807, 2.05) is 0 Å². The largest absolute Gasteiger partial charge is 0.497 e. The molecule has 0 fully saturated rings. The molecule has 0 spiro atoms. The predicted molar refractivity (Wildman–Crippen MR) is 108 cm³/mol. The van der Waals surface area contributed by atoms with Gasteiger partial charge in [0.1, 0.15) is 17.5 Å². The summed E-state index contributed by atoms with van der Waals surface area (Å²) in [7, 11) is 1.54. The van der Waals surface area contributed by atoms with E-state index in [2.05, 4.69) is 26.6 Å². The first kappa shape index (κ1) is 21.2. The van der Waals surface area contributed by atoms with Crippen molar-refractivity contribution in [2.45, 2.75) is 13.0 Å². The lowest BCUT2D eigenvalue weighted by atomic mass is 10.1. The molecule has 0 aliphatic rings. The van der Waals surface area contributed by atoms with Gasteiger partial charge in [-0.05, 0) is 58.8 Å². The number of carboxylic acids is 1. The van der Waals surface area contributed by atoms with Gasteiger partial charge in [-0.1, -0.05) is 24.3 Å². The van der Waals surface area contributed by atoms with Crippen molar-refractivity contribution in [2.24, 2.45) is 0 Å². The number of hydrogen-bond donors (Lipinski definition) is 3. The van der Waals surface area contributed by atoms with Crippen LogP contribution in [0.15, 0.2) is 58.7 Å². The van der Waals surface area contributed by atoms with Crippen LogP contribution in [-0.4, -0.2) is 36.0 Å². The monoisotopic (exact) mass is 446 g/mol. The number of methoxy groups -OCH3 is 1. The molecule has 0 saturated heterocycles. The van der Waals surface area contributed by atoms with Gasteiger partial charge >= 0.3 is 5.97 Å². The van der Waals surface area contributed by atoms with Crippen molar-refractivity contribution in [1.82, 2.24) is 10.6 Å². The van der Waals surface area contributed by atoms with Crippen LogP contribution in [0.5, 0.6) is 5.75 Å². The van der Waals surface area contributed by atoms with Gasteiger partial charge in [-0.3, -0.25) is 14.4 Å². The van der Waals surface area contributed by atoms with Crippen molar-refractivity contribution in [3.63, 3.8) is 0 Å². The standard InChI is InChI=1S/C20H19BrN2O5/c1-12(20(26)27)22-19(25)17(11-13-7-9-14(28-2)10-8-13)23-18(24)15-5-3-4-6-16(15)21/h3-12H,1-2H3,(H,22,25)(H,23,24)(H,26,27)/b17-11-/t12-/m0/s1. The first-order chi connectivity index (χ1) is 13.3. The Labute approximate surface area is 170 Å². The zero-order chi connectivity index (χ0) is 20.7. The molecular weight excluding hydrogens is 428 g/mol. The van der Waals surface area contributed by atoms with Gasteiger partial charge in [0.2, 0.25) is 0 Å². The number of halogens is 1. The third kappa shape index (κ3) is 5.68. The number of carboxylic acid groups (broad SMARTS) is 1. The molecule has 2 aromatic carbocycles. The van der Waals surface area contributed by atoms with E-state index in [4.69, 9.17) is 9.84 Å². The fourth-order valence-corrected chi connectivity index (χ4v) is 2.66. The number of rotatable bonds is 7. The minimum absolute atomic E-state index is 0.0842. The van der Waals surface area contributed by atoms with E-state index in [1.165, 1.54) is 20.1 Å². The van der Waals surface area contributed by atoms with Crippen LogP contribution in [0.3, 0.4) is 0 Å². The Bertz CT molecular complexity index is 909. The molecule has 7 nitrogen and oxygen atoms in total. The summed E-state index contributed by atoms with van der Waals surface area (Å²) in [6.45, 7) is 1.33. The molecule has 0 aliphatic carbocycles. The summed E-state index contributed by atoms with van der Waals surface area (Å²) in [5.41, 5.74) is 0.877. The number of ether oxygens (including phenoxy) is 1. The van der Waals surface area contributed by atoms with Crippen LogP contribution < -0.4 is 15.4 Å². The highest BCUT2D eigenvalue weighted by atomic mass is 79.9. The highest BCUT2D eigenvalue weighted by molar-refractivity contribution is 9.10. The molecule has 0 heterocycles. The molecular formula is C20H19BrN2O5. The van der Waals surface area contributed by atoms with Gasteiger partial charge in [0.25, 0.3) is 11.8 Å². The molecule has 146 valence electrons. The quantitative estimate of drug-likeness (QED) is 0.567. The summed E-state index contributed by atoms with van der Waals surface area (Å²) in [5, 5.41) is 13.9. The van der Waals surface area contributed by atoms with Crippen LogP contribution in [-0.2, 0) is 9.59 Å². The van der Waals surface area contributed by atoms with Crippen LogP contribution in [0.2, 0.25) is 0 Å². The highest BCUT2D eigenvalue weighted by Crippen LogP contribution is 2.17. The Balaban J connectivity index is 2.33. The van der Waals surface area contributed by atoms with Gasteiger partial charge in [0.15, 0.2) is 0 Å². The lowest BCUT2D eigenvalue weighted by molar-refractivity contribution is -0.140. The molecule has 2 rings (SSSR count). The third-order valence-electron chi connectivity index (χ3n) is 3.76. The molecule has 8 heteroatoms. The van der Waals surface area contributed by atoms with Crippen molar-refractivity contribution in [1.29, 1.82) is 0 Å². The topological polar surface area (TPSA) is 105 Å². The molecule has 0 aliphatic heterocycles. The maximum Gasteiger partial charge on any atom is 0.325 e. The molecule has 2 aromatic rings. The fourth-order valence-electron chi connectivity index (χ4n) is 2.20. The molecule has 0 aromatic heterocycles. The second-order valence-corrected chi connectivity index (χ2v) is 6.65. The number of amides is 2. The number of carbonyl (C=O) groups excluding carboxylic acids is 2. The number of nitrogens with one attached hydrogen (secondary N) is 2. The predicted octanol–water partition coefficient (Wildman–Crippen LogP) is 2.82. The SMILES string of the molecule is COc1ccc(/C=C(\NC(=O)c2ccccc2Br)C(=O)N[C@@H](C)C(=O)O)cc1. The highest BCUT2D eigenvalue weighted by Gasteiger charge is 2.20. The molecule has 28 heavy (non-hydrogen) atoms. The second kappa shape index (κ2) is 9.70. The first-order valence-corrected chi connectivity index (χ1v) is 9.06. The van der Waals surface area contributed by atoms with Gasteiger partial charge in [-0.2, -0.15) is 0 Å². The van der Waals surface area contributed by atoms with Gasteiger partial charge < -0.3 is 20.5 Å².